The lowest BCUT2D eigenvalue weighted by atomic mass is 9.90. The van der Waals surface area contributed by atoms with E-state index in [1.165, 1.54) is 4.90 Å². The van der Waals surface area contributed by atoms with Crippen molar-refractivity contribution in [2.45, 2.75) is 50.4 Å². The Morgan fingerprint density at radius 3 is 2.55 bits per heavy atom. The normalized spacial score (nSPS) is 24.1. The fraction of sp³-hybridized carbons (Fsp3) is 0.333. The molecule has 4 amide bonds. The second-order valence-electron chi connectivity index (χ2n) is 8.72. The molecule has 4 N–H and O–H groups in total. The third kappa shape index (κ3) is 4.19. The molecule has 0 aromatic heterocycles. The second-order valence-corrected chi connectivity index (χ2v) is 8.72. The maximum absolute atomic E-state index is 12.8. The first-order valence-electron chi connectivity index (χ1n) is 11.0. The number of rotatable bonds is 5. The topological polar surface area (TPSA) is 131 Å². The number of nitrogens with zero attached hydrogens (tertiary/aromatic N) is 1. The number of imide groups is 1. The lowest BCUT2D eigenvalue weighted by Crippen LogP contribution is -2.52. The van der Waals surface area contributed by atoms with Gasteiger partial charge in [-0.1, -0.05) is 0 Å². The highest BCUT2D eigenvalue weighted by molar-refractivity contribution is 6.07. The molecule has 5 rings (SSSR count). The highest BCUT2D eigenvalue weighted by Gasteiger charge is 2.39. The molecule has 1 unspecified atom stereocenters. The van der Waals surface area contributed by atoms with Gasteiger partial charge in [0.05, 0.1) is 0 Å². The molecule has 0 bridgehead atoms. The lowest BCUT2D eigenvalue weighted by molar-refractivity contribution is -0.136. The summed E-state index contributed by atoms with van der Waals surface area (Å²) >= 11 is 0. The first-order valence-corrected chi connectivity index (χ1v) is 11.0. The van der Waals surface area contributed by atoms with Gasteiger partial charge in [-0.15, -0.1) is 0 Å². The van der Waals surface area contributed by atoms with Gasteiger partial charge in [0.25, 0.3) is 11.8 Å². The van der Waals surface area contributed by atoms with Gasteiger partial charge in [0.1, 0.15) is 17.9 Å². The van der Waals surface area contributed by atoms with Gasteiger partial charge >= 0.3 is 0 Å². The second kappa shape index (κ2) is 8.32. The molecule has 1 aliphatic carbocycles. The number of piperidine rings is 1. The number of carbonyl (C=O) groups is 4. The summed E-state index contributed by atoms with van der Waals surface area (Å²) < 4.78 is 5.81. The number of amides is 4. The van der Waals surface area contributed by atoms with Crippen LogP contribution in [-0.4, -0.2) is 46.7 Å². The van der Waals surface area contributed by atoms with Gasteiger partial charge < -0.3 is 20.7 Å². The van der Waals surface area contributed by atoms with Gasteiger partial charge in [-0.3, -0.25) is 24.5 Å². The van der Waals surface area contributed by atoms with Crippen molar-refractivity contribution in [3.63, 3.8) is 0 Å². The van der Waals surface area contributed by atoms with Crippen LogP contribution in [0.15, 0.2) is 42.5 Å². The van der Waals surface area contributed by atoms with Crippen LogP contribution in [0.3, 0.4) is 0 Å². The molecule has 33 heavy (non-hydrogen) atoms. The van der Waals surface area contributed by atoms with Crippen LogP contribution >= 0.6 is 0 Å². The van der Waals surface area contributed by atoms with E-state index < -0.39 is 11.9 Å². The van der Waals surface area contributed by atoms with Crippen molar-refractivity contribution in [2.24, 2.45) is 5.73 Å². The van der Waals surface area contributed by atoms with Crippen molar-refractivity contribution < 1.29 is 23.9 Å². The van der Waals surface area contributed by atoms with Gasteiger partial charge in [-0.25, -0.2) is 0 Å². The molecule has 1 saturated heterocycles. The number of carbonyl (C=O) groups excluding carboxylic acids is 4. The molecule has 170 valence electrons. The van der Waals surface area contributed by atoms with E-state index in [4.69, 9.17) is 10.5 Å². The molecule has 1 saturated carbocycles. The molecule has 2 aliphatic heterocycles. The fourth-order valence-corrected chi connectivity index (χ4v) is 4.44. The van der Waals surface area contributed by atoms with Crippen LogP contribution in [0.1, 0.15) is 52.0 Å². The lowest BCUT2D eigenvalue weighted by Gasteiger charge is -2.32. The van der Waals surface area contributed by atoms with E-state index in [2.05, 4.69) is 10.6 Å². The Hall–Kier alpha value is -3.72. The van der Waals surface area contributed by atoms with Crippen molar-refractivity contribution in [3.05, 3.63) is 59.2 Å². The Labute approximate surface area is 190 Å². The zero-order valence-electron chi connectivity index (χ0n) is 17.9. The van der Waals surface area contributed by atoms with Crippen molar-refractivity contribution in [1.29, 1.82) is 0 Å². The summed E-state index contributed by atoms with van der Waals surface area (Å²) in [4.78, 5) is 50.5. The van der Waals surface area contributed by atoms with E-state index in [0.717, 1.165) is 18.4 Å². The summed E-state index contributed by atoms with van der Waals surface area (Å²) in [5, 5.41) is 5.14. The Morgan fingerprint density at radius 1 is 1.09 bits per heavy atom. The summed E-state index contributed by atoms with van der Waals surface area (Å²) in [5.74, 6) is -0.599. The van der Waals surface area contributed by atoms with Crippen molar-refractivity contribution in [2.75, 3.05) is 5.32 Å². The van der Waals surface area contributed by atoms with E-state index in [1.807, 2.05) is 0 Å². The number of benzene rings is 2. The smallest absolute Gasteiger partial charge is 0.255 e. The fourth-order valence-electron chi connectivity index (χ4n) is 4.44. The predicted molar refractivity (Wildman–Crippen MR) is 119 cm³/mol. The average Bonchev–Trinajstić information content (AvgIpc) is 3.08. The average molecular weight is 448 g/mol. The molecule has 2 fully saturated rings. The molecule has 0 radical (unpaired) electrons. The highest BCUT2D eigenvalue weighted by atomic mass is 16.5. The Bertz CT molecular complexity index is 1140. The number of hydrogen-bond donors (Lipinski definition) is 3. The van der Waals surface area contributed by atoms with Crippen LogP contribution in [0.5, 0.6) is 5.75 Å². The summed E-state index contributed by atoms with van der Waals surface area (Å²) in [6.45, 7) is 0.251. The van der Waals surface area contributed by atoms with Crippen LogP contribution in [0.25, 0.3) is 0 Å². The molecule has 1 atom stereocenters. The van der Waals surface area contributed by atoms with E-state index in [9.17, 15) is 19.2 Å². The molecule has 9 nitrogen and oxygen atoms in total. The monoisotopic (exact) mass is 448 g/mol. The minimum absolute atomic E-state index is 0.133. The molecular formula is C24H24N4O5. The summed E-state index contributed by atoms with van der Waals surface area (Å²) in [5.41, 5.74) is 8.03. The maximum Gasteiger partial charge on any atom is 0.255 e. The molecule has 2 heterocycles. The number of fused-ring (bicyclic) bond motifs is 1. The van der Waals surface area contributed by atoms with Crippen LogP contribution in [0.2, 0.25) is 0 Å². The Morgan fingerprint density at radius 2 is 1.85 bits per heavy atom. The standard InChI is InChI=1S/C24H24N4O5/c25-15-10-18(11-15)33-17-4-1-13(2-5-17)22(30)26-16-3-6-19-14(9-16)12-28(24(19)32)20-7-8-21(29)27-23(20)31/h1-6,9,15,18,20H,7-8,10-12,25H2,(H,26,30)(H,27,29,31)/t15-,18+,20?. The first kappa shape index (κ1) is 21.1. The number of nitrogens with two attached hydrogens (primary N) is 1. The summed E-state index contributed by atoms with van der Waals surface area (Å²) in [6, 6.07) is 11.5. The third-order valence-corrected chi connectivity index (χ3v) is 6.33. The van der Waals surface area contributed by atoms with Gasteiger partial charge in [0.15, 0.2) is 0 Å². The van der Waals surface area contributed by atoms with E-state index >= 15 is 0 Å². The minimum Gasteiger partial charge on any atom is -0.490 e. The first-order chi connectivity index (χ1) is 15.9. The zero-order valence-corrected chi connectivity index (χ0v) is 17.9. The molecule has 9 heteroatoms. The van der Waals surface area contributed by atoms with Gasteiger partial charge in [0.2, 0.25) is 11.8 Å². The summed E-state index contributed by atoms with van der Waals surface area (Å²) in [7, 11) is 0. The van der Waals surface area contributed by atoms with Crippen molar-refractivity contribution in [3.8, 4) is 5.75 Å². The van der Waals surface area contributed by atoms with E-state index in [1.54, 1.807) is 42.5 Å². The minimum atomic E-state index is -0.669. The van der Waals surface area contributed by atoms with E-state index in [-0.39, 0.29) is 42.8 Å². The Balaban J connectivity index is 1.23. The third-order valence-electron chi connectivity index (χ3n) is 6.33. The van der Waals surface area contributed by atoms with Crippen LogP contribution in [0.4, 0.5) is 5.69 Å². The van der Waals surface area contributed by atoms with Crippen molar-refractivity contribution in [1.82, 2.24) is 10.2 Å². The number of anilines is 1. The summed E-state index contributed by atoms with van der Waals surface area (Å²) in [6.07, 6.45) is 2.32. The molecule has 3 aliphatic rings. The molecule has 2 aromatic rings. The largest absolute Gasteiger partial charge is 0.490 e. The SMILES string of the molecule is N[C@H]1C[C@@H](Oc2ccc(C(=O)Nc3ccc4c(c3)CN(C3CCC(=O)NC3=O)C4=O)cc2)C1. The molecule has 2 aromatic carbocycles. The number of ether oxygens (including phenoxy) is 1. The predicted octanol–water partition coefficient (Wildman–Crippen LogP) is 1.57. The Kier molecular flexibility index (Phi) is 5.33. The molecule has 0 spiro atoms. The number of hydrogen-bond acceptors (Lipinski definition) is 6. The van der Waals surface area contributed by atoms with Gasteiger partial charge in [0, 0.05) is 35.8 Å². The molecular weight excluding hydrogens is 424 g/mol. The van der Waals surface area contributed by atoms with Crippen molar-refractivity contribution >= 4 is 29.3 Å². The van der Waals surface area contributed by atoms with Crippen LogP contribution in [-0.2, 0) is 16.1 Å². The highest BCUT2D eigenvalue weighted by Crippen LogP contribution is 2.30. The quantitative estimate of drug-likeness (QED) is 0.595. The zero-order chi connectivity index (χ0) is 23.1. The maximum atomic E-state index is 12.8. The van der Waals surface area contributed by atoms with Crippen LogP contribution < -0.4 is 21.1 Å². The van der Waals surface area contributed by atoms with Crippen LogP contribution in [0, 0.1) is 0 Å². The van der Waals surface area contributed by atoms with E-state index in [0.29, 0.717) is 29.0 Å². The van der Waals surface area contributed by atoms with Gasteiger partial charge in [-0.05, 0) is 67.3 Å². The number of nitrogens with one attached hydrogen (secondary N) is 2. The van der Waals surface area contributed by atoms with Gasteiger partial charge in [-0.2, -0.15) is 0 Å².